The van der Waals surface area contributed by atoms with Crippen LogP contribution in [0, 0.1) is 11.3 Å². The Kier molecular flexibility index (Phi) is 4.21. The van der Waals surface area contributed by atoms with Crippen LogP contribution in [0.1, 0.15) is 31.0 Å². The molecule has 6 nitrogen and oxygen atoms in total. The van der Waals surface area contributed by atoms with Crippen LogP contribution in [0.25, 0.3) is 5.65 Å². The molecule has 0 spiro atoms. The molecular formula is C20H22N6. The number of benzene rings is 1. The lowest BCUT2D eigenvalue weighted by Crippen LogP contribution is -2.47. The van der Waals surface area contributed by atoms with Gasteiger partial charge >= 0.3 is 0 Å². The number of piperazine rings is 1. The number of aromatic nitrogens is 3. The minimum Gasteiger partial charge on any atom is -0.367 e. The first kappa shape index (κ1) is 16.4. The molecule has 1 saturated heterocycles. The smallest absolute Gasteiger partial charge is 0.157 e. The number of anilines is 2. The quantitative estimate of drug-likeness (QED) is 0.729. The summed E-state index contributed by atoms with van der Waals surface area (Å²) in [7, 11) is 0. The summed E-state index contributed by atoms with van der Waals surface area (Å²) in [5.41, 5.74) is 3.74. The summed E-state index contributed by atoms with van der Waals surface area (Å²) in [6.45, 7) is 7.85. The average molecular weight is 346 g/mol. The number of nitrogens with zero attached hydrogens (tertiary/aromatic N) is 6. The molecule has 0 amide bonds. The van der Waals surface area contributed by atoms with E-state index in [1.807, 2.05) is 34.8 Å². The number of para-hydroxylation sites is 1. The predicted molar refractivity (Wildman–Crippen MR) is 103 cm³/mol. The highest BCUT2D eigenvalue weighted by molar-refractivity contribution is 5.60. The normalized spacial score (nSPS) is 14.8. The zero-order valence-corrected chi connectivity index (χ0v) is 15.1. The Labute approximate surface area is 153 Å². The summed E-state index contributed by atoms with van der Waals surface area (Å²) in [6, 6.07) is 14.2. The lowest BCUT2D eigenvalue weighted by molar-refractivity contribution is 0.636. The van der Waals surface area contributed by atoms with E-state index in [0.29, 0.717) is 5.92 Å². The Morgan fingerprint density at radius 2 is 1.77 bits per heavy atom. The first-order chi connectivity index (χ1) is 12.7. The van der Waals surface area contributed by atoms with E-state index in [4.69, 9.17) is 4.98 Å². The monoisotopic (exact) mass is 346 g/mol. The Bertz CT molecular complexity index is 960. The Balaban J connectivity index is 1.60. The van der Waals surface area contributed by atoms with Gasteiger partial charge in [0.1, 0.15) is 11.9 Å². The van der Waals surface area contributed by atoms with Crippen LogP contribution in [0.15, 0.2) is 42.6 Å². The molecule has 132 valence electrons. The lowest BCUT2D eigenvalue weighted by Gasteiger charge is -2.37. The summed E-state index contributed by atoms with van der Waals surface area (Å²) >= 11 is 0. The first-order valence-corrected chi connectivity index (χ1v) is 9.01. The molecule has 0 atom stereocenters. The molecule has 1 aliphatic heterocycles. The largest absolute Gasteiger partial charge is 0.367 e. The molecular weight excluding hydrogens is 324 g/mol. The molecule has 1 fully saturated rings. The lowest BCUT2D eigenvalue weighted by atomic mass is 10.1. The van der Waals surface area contributed by atoms with Gasteiger partial charge in [-0.05, 0) is 18.1 Å². The Morgan fingerprint density at radius 3 is 2.50 bits per heavy atom. The molecule has 0 N–H and O–H groups in total. The first-order valence-electron chi connectivity index (χ1n) is 9.01. The summed E-state index contributed by atoms with van der Waals surface area (Å²) in [5, 5.41) is 13.8. The highest BCUT2D eigenvalue weighted by Gasteiger charge is 2.22. The molecule has 6 heteroatoms. The van der Waals surface area contributed by atoms with E-state index in [-0.39, 0.29) is 0 Å². The van der Waals surface area contributed by atoms with E-state index in [0.717, 1.165) is 54.6 Å². The second kappa shape index (κ2) is 6.68. The minimum atomic E-state index is 0.373. The molecule has 3 aromatic rings. The van der Waals surface area contributed by atoms with Crippen molar-refractivity contribution in [2.75, 3.05) is 36.0 Å². The number of hydrogen-bond acceptors (Lipinski definition) is 5. The predicted octanol–water partition coefficient (Wildman–Crippen LogP) is 3.05. The highest BCUT2D eigenvalue weighted by Crippen LogP contribution is 2.25. The van der Waals surface area contributed by atoms with Crippen molar-refractivity contribution in [2.24, 2.45) is 0 Å². The molecule has 4 rings (SSSR count). The SMILES string of the molecule is CC(C)c1cc(N2CCN(c3ccccc3C#N)CC2)n2nccc2n1. The van der Waals surface area contributed by atoms with Crippen molar-refractivity contribution in [2.45, 2.75) is 19.8 Å². The van der Waals surface area contributed by atoms with Crippen LogP contribution >= 0.6 is 0 Å². The van der Waals surface area contributed by atoms with Gasteiger partial charge in [0.2, 0.25) is 0 Å². The van der Waals surface area contributed by atoms with Crippen LogP contribution in [0.3, 0.4) is 0 Å². The van der Waals surface area contributed by atoms with Crippen LogP contribution in [0.5, 0.6) is 0 Å². The van der Waals surface area contributed by atoms with Gasteiger partial charge in [-0.25, -0.2) is 4.98 Å². The van der Waals surface area contributed by atoms with Gasteiger partial charge in [-0.15, -0.1) is 0 Å². The summed E-state index contributed by atoms with van der Waals surface area (Å²) in [6.07, 6.45) is 1.80. The van der Waals surface area contributed by atoms with Gasteiger partial charge in [-0.1, -0.05) is 26.0 Å². The zero-order chi connectivity index (χ0) is 18.1. The van der Waals surface area contributed by atoms with Crippen LogP contribution in [-0.4, -0.2) is 40.8 Å². The average Bonchev–Trinajstić information content (AvgIpc) is 3.16. The zero-order valence-electron chi connectivity index (χ0n) is 15.1. The van der Waals surface area contributed by atoms with Gasteiger partial charge in [0, 0.05) is 44.0 Å². The van der Waals surface area contributed by atoms with Gasteiger partial charge in [0.05, 0.1) is 17.4 Å². The molecule has 2 aromatic heterocycles. The van der Waals surface area contributed by atoms with E-state index in [1.165, 1.54) is 0 Å². The van der Waals surface area contributed by atoms with Crippen molar-refractivity contribution >= 4 is 17.2 Å². The highest BCUT2D eigenvalue weighted by atomic mass is 15.4. The van der Waals surface area contributed by atoms with Gasteiger partial charge < -0.3 is 9.80 Å². The van der Waals surface area contributed by atoms with Crippen molar-refractivity contribution in [1.82, 2.24) is 14.6 Å². The Hall–Kier alpha value is -3.07. The molecule has 26 heavy (non-hydrogen) atoms. The molecule has 0 unspecified atom stereocenters. The van der Waals surface area contributed by atoms with E-state index in [1.54, 1.807) is 6.20 Å². The maximum Gasteiger partial charge on any atom is 0.157 e. The standard InChI is InChI=1S/C20H22N6/c1-15(2)17-13-20(26-19(23-17)7-8-22-26)25-11-9-24(10-12-25)18-6-4-3-5-16(18)14-21/h3-8,13,15H,9-12H2,1-2H3. The summed E-state index contributed by atoms with van der Waals surface area (Å²) in [5.74, 6) is 1.47. The van der Waals surface area contributed by atoms with Gasteiger partial charge in [0.25, 0.3) is 0 Å². The van der Waals surface area contributed by atoms with Gasteiger partial charge in [0.15, 0.2) is 5.65 Å². The van der Waals surface area contributed by atoms with Crippen molar-refractivity contribution < 1.29 is 0 Å². The summed E-state index contributed by atoms with van der Waals surface area (Å²) in [4.78, 5) is 9.35. The third kappa shape index (κ3) is 2.86. The van der Waals surface area contributed by atoms with Crippen LogP contribution < -0.4 is 9.80 Å². The van der Waals surface area contributed by atoms with Crippen LogP contribution in [-0.2, 0) is 0 Å². The van der Waals surface area contributed by atoms with E-state index in [2.05, 4.69) is 40.9 Å². The maximum absolute atomic E-state index is 9.35. The fraction of sp³-hybridized carbons (Fsp3) is 0.350. The third-order valence-electron chi connectivity index (χ3n) is 4.92. The maximum atomic E-state index is 9.35. The topological polar surface area (TPSA) is 60.5 Å². The van der Waals surface area contributed by atoms with Crippen molar-refractivity contribution in [1.29, 1.82) is 5.26 Å². The van der Waals surface area contributed by atoms with Crippen molar-refractivity contribution in [3.05, 3.63) is 53.9 Å². The summed E-state index contributed by atoms with van der Waals surface area (Å²) < 4.78 is 1.92. The van der Waals surface area contributed by atoms with E-state index < -0.39 is 0 Å². The van der Waals surface area contributed by atoms with E-state index >= 15 is 0 Å². The molecule has 1 aromatic carbocycles. The number of fused-ring (bicyclic) bond motifs is 1. The minimum absolute atomic E-state index is 0.373. The second-order valence-corrected chi connectivity index (χ2v) is 6.90. The van der Waals surface area contributed by atoms with Crippen LogP contribution in [0.2, 0.25) is 0 Å². The fourth-order valence-electron chi connectivity index (χ4n) is 3.46. The number of nitriles is 1. The number of hydrogen-bond donors (Lipinski definition) is 0. The molecule has 1 aliphatic rings. The van der Waals surface area contributed by atoms with Crippen LogP contribution in [0.4, 0.5) is 11.5 Å². The molecule has 0 radical (unpaired) electrons. The molecule has 0 saturated carbocycles. The fourth-order valence-corrected chi connectivity index (χ4v) is 3.46. The molecule has 3 heterocycles. The Morgan fingerprint density at radius 1 is 1.04 bits per heavy atom. The van der Waals surface area contributed by atoms with Crippen molar-refractivity contribution in [3.63, 3.8) is 0 Å². The van der Waals surface area contributed by atoms with Gasteiger partial charge in [-0.2, -0.15) is 14.9 Å². The second-order valence-electron chi connectivity index (χ2n) is 6.90. The van der Waals surface area contributed by atoms with Gasteiger partial charge in [-0.3, -0.25) is 0 Å². The van der Waals surface area contributed by atoms with Crippen molar-refractivity contribution in [3.8, 4) is 6.07 Å². The third-order valence-corrected chi connectivity index (χ3v) is 4.92. The molecule has 0 bridgehead atoms. The number of rotatable bonds is 3. The van der Waals surface area contributed by atoms with E-state index in [9.17, 15) is 5.26 Å². The molecule has 0 aliphatic carbocycles.